The molecule has 0 fully saturated rings. The van der Waals surface area contributed by atoms with Crippen LogP contribution >= 0.6 is 11.3 Å². The Balaban J connectivity index is 1.86. The number of nitrogens with zero attached hydrogens (tertiary/aromatic N) is 3. The normalized spacial score (nSPS) is 12.1. The molecule has 7 nitrogen and oxygen atoms in total. The maximum atomic E-state index is 13.5. The number of aromatic nitrogens is 2. The maximum Gasteiger partial charge on any atom is 0.348 e. The van der Waals surface area contributed by atoms with Gasteiger partial charge in [-0.05, 0) is 44.0 Å². The topological polar surface area (TPSA) is 81.5 Å². The van der Waals surface area contributed by atoms with Crippen molar-refractivity contribution in [1.82, 2.24) is 14.5 Å². The molecule has 1 atom stereocenters. The van der Waals surface area contributed by atoms with Gasteiger partial charge in [-0.3, -0.25) is 14.2 Å². The average Bonchev–Trinajstić information content (AvgIpc) is 3.08. The van der Waals surface area contributed by atoms with Gasteiger partial charge in [-0.2, -0.15) is 0 Å². The van der Waals surface area contributed by atoms with E-state index in [9.17, 15) is 23.2 Å². The Kier molecular flexibility index (Phi) is 6.49. The molecule has 0 saturated heterocycles. The van der Waals surface area contributed by atoms with Gasteiger partial charge in [0.25, 0.3) is 5.56 Å². The van der Waals surface area contributed by atoms with Crippen LogP contribution in [0.5, 0.6) is 0 Å². The number of benzene rings is 1. The highest BCUT2D eigenvalue weighted by atomic mass is 32.1. The largest absolute Gasteiger partial charge is 0.462 e. The van der Waals surface area contributed by atoms with Crippen molar-refractivity contribution in [3.63, 3.8) is 0 Å². The number of esters is 1. The highest BCUT2D eigenvalue weighted by Crippen LogP contribution is 2.27. The Morgan fingerprint density at radius 3 is 2.65 bits per heavy atom. The summed E-state index contributed by atoms with van der Waals surface area (Å²) in [6.07, 6.45) is 1.25. The summed E-state index contributed by atoms with van der Waals surface area (Å²) in [5.41, 5.74) is 0.432. The van der Waals surface area contributed by atoms with Gasteiger partial charge in [-0.1, -0.05) is 6.07 Å². The van der Waals surface area contributed by atoms with Crippen LogP contribution in [0.25, 0.3) is 10.2 Å². The number of likely N-dealkylation sites (N-methyl/N-ethyl adjacent to an activating group) is 1. The number of hydrogen-bond acceptors (Lipinski definition) is 6. The van der Waals surface area contributed by atoms with Gasteiger partial charge in [0.05, 0.1) is 24.4 Å². The van der Waals surface area contributed by atoms with Crippen LogP contribution in [0, 0.1) is 18.6 Å². The first-order valence-corrected chi connectivity index (χ1v) is 10.3. The predicted octanol–water partition coefficient (Wildman–Crippen LogP) is 3.44. The van der Waals surface area contributed by atoms with E-state index in [0.717, 1.165) is 28.0 Å². The molecule has 0 aliphatic heterocycles. The number of aryl methyl sites for hydroxylation is 1. The molecule has 3 aromatic rings. The van der Waals surface area contributed by atoms with E-state index in [-0.39, 0.29) is 18.5 Å². The Hall–Kier alpha value is -3.14. The molecule has 164 valence electrons. The molecular weight excluding hydrogens is 428 g/mol. The third-order valence-corrected chi connectivity index (χ3v) is 6.26. The lowest BCUT2D eigenvalue weighted by Crippen LogP contribution is -2.35. The lowest BCUT2D eigenvalue weighted by molar-refractivity contribution is -0.132. The molecule has 1 aromatic carbocycles. The predicted molar refractivity (Wildman–Crippen MR) is 112 cm³/mol. The lowest BCUT2D eigenvalue weighted by atomic mass is 10.1. The first kappa shape index (κ1) is 22.5. The summed E-state index contributed by atoms with van der Waals surface area (Å²) in [5, 5.41) is 0.264. The molecule has 0 aliphatic rings. The molecule has 1 unspecified atom stereocenters. The number of fused-ring (bicyclic) bond motifs is 1. The second kappa shape index (κ2) is 8.93. The lowest BCUT2D eigenvalue weighted by Gasteiger charge is -2.25. The van der Waals surface area contributed by atoms with Gasteiger partial charge < -0.3 is 9.64 Å². The smallest absolute Gasteiger partial charge is 0.348 e. The number of thiophene rings is 1. The third kappa shape index (κ3) is 4.34. The van der Waals surface area contributed by atoms with E-state index in [0.29, 0.717) is 20.8 Å². The molecule has 0 saturated carbocycles. The molecule has 0 bridgehead atoms. The van der Waals surface area contributed by atoms with E-state index in [2.05, 4.69) is 4.98 Å². The number of rotatable bonds is 6. The zero-order chi connectivity index (χ0) is 22.9. The molecule has 31 heavy (non-hydrogen) atoms. The van der Waals surface area contributed by atoms with Gasteiger partial charge in [-0.25, -0.2) is 18.6 Å². The number of hydrogen-bond donors (Lipinski definition) is 0. The van der Waals surface area contributed by atoms with Crippen molar-refractivity contribution in [3.05, 3.63) is 62.5 Å². The quantitative estimate of drug-likeness (QED) is 0.539. The van der Waals surface area contributed by atoms with E-state index < -0.39 is 35.1 Å². The van der Waals surface area contributed by atoms with Crippen LogP contribution in [0.4, 0.5) is 8.78 Å². The Morgan fingerprint density at radius 1 is 1.29 bits per heavy atom. The van der Waals surface area contributed by atoms with Crippen LogP contribution in [0.3, 0.4) is 0 Å². The van der Waals surface area contributed by atoms with Crippen molar-refractivity contribution in [3.8, 4) is 0 Å². The van der Waals surface area contributed by atoms with E-state index in [1.165, 1.54) is 24.3 Å². The first-order valence-electron chi connectivity index (χ1n) is 9.51. The van der Waals surface area contributed by atoms with Gasteiger partial charge in [0, 0.05) is 7.05 Å². The fraction of sp³-hybridized carbons (Fsp3) is 0.333. The van der Waals surface area contributed by atoms with Gasteiger partial charge in [-0.15, -0.1) is 11.3 Å². The molecule has 2 heterocycles. The van der Waals surface area contributed by atoms with Crippen molar-refractivity contribution in [2.75, 3.05) is 13.7 Å². The van der Waals surface area contributed by atoms with Gasteiger partial charge in [0.2, 0.25) is 5.91 Å². The fourth-order valence-corrected chi connectivity index (χ4v) is 4.17. The number of carbonyl (C=O) groups excluding carboxylic acids is 2. The molecule has 0 aliphatic carbocycles. The molecule has 0 N–H and O–H groups in total. The Morgan fingerprint density at radius 2 is 2.00 bits per heavy atom. The molecule has 1 amide bonds. The van der Waals surface area contributed by atoms with Crippen LogP contribution in [0.2, 0.25) is 0 Å². The van der Waals surface area contributed by atoms with Gasteiger partial charge in [0.1, 0.15) is 16.3 Å². The number of ether oxygens (including phenoxy) is 1. The number of carbonyl (C=O) groups is 2. The van der Waals surface area contributed by atoms with Crippen LogP contribution in [0.1, 0.15) is 40.7 Å². The van der Waals surface area contributed by atoms with Crippen LogP contribution in [-0.2, 0) is 16.1 Å². The first-order chi connectivity index (χ1) is 14.6. The minimum absolute atomic E-state index is 0.209. The Bertz CT molecular complexity index is 1220. The minimum Gasteiger partial charge on any atom is -0.462 e. The summed E-state index contributed by atoms with van der Waals surface area (Å²) in [4.78, 5) is 44.0. The van der Waals surface area contributed by atoms with Crippen molar-refractivity contribution in [1.29, 1.82) is 0 Å². The van der Waals surface area contributed by atoms with Crippen molar-refractivity contribution < 1.29 is 23.1 Å². The molecule has 3 rings (SSSR count). The van der Waals surface area contributed by atoms with E-state index >= 15 is 0 Å². The van der Waals surface area contributed by atoms with Crippen LogP contribution < -0.4 is 5.56 Å². The minimum atomic E-state index is -0.999. The second-order valence-electron chi connectivity index (χ2n) is 6.99. The van der Waals surface area contributed by atoms with E-state index in [4.69, 9.17) is 4.74 Å². The molecule has 10 heteroatoms. The number of halogens is 2. The summed E-state index contributed by atoms with van der Waals surface area (Å²) in [5.74, 6) is -2.91. The van der Waals surface area contributed by atoms with Crippen molar-refractivity contribution in [2.24, 2.45) is 0 Å². The summed E-state index contributed by atoms with van der Waals surface area (Å²) in [6, 6.07) is 2.89. The Labute approximate surface area is 180 Å². The van der Waals surface area contributed by atoms with E-state index in [1.807, 2.05) is 0 Å². The van der Waals surface area contributed by atoms with Gasteiger partial charge in [0.15, 0.2) is 11.6 Å². The van der Waals surface area contributed by atoms with Gasteiger partial charge >= 0.3 is 5.97 Å². The average molecular weight is 449 g/mol. The molecule has 2 aromatic heterocycles. The number of amides is 1. The van der Waals surface area contributed by atoms with Crippen LogP contribution in [-0.4, -0.2) is 40.0 Å². The van der Waals surface area contributed by atoms with Crippen molar-refractivity contribution >= 4 is 33.4 Å². The van der Waals surface area contributed by atoms with Crippen molar-refractivity contribution in [2.45, 2.75) is 33.4 Å². The third-order valence-electron chi connectivity index (χ3n) is 5.08. The fourth-order valence-electron chi connectivity index (χ4n) is 3.13. The van der Waals surface area contributed by atoms with Crippen LogP contribution in [0.15, 0.2) is 29.3 Å². The molecule has 0 spiro atoms. The SMILES string of the molecule is CCOC(=O)c1sc2ncn(CC(=O)N(C)C(C)c3ccc(F)c(F)c3)c(=O)c2c1C. The molecule has 0 radical (unpaired) electrons. The standard InChI is InChI=1S/C21H21F2N3O4S/c1-5-30-21(29)18-11(2)17-19(31-18)24-10-26(20(17)28)9-16(27)25(4)12(3)13-6-7-14(22)15(23)8-13/h6-8,10,12H,5,9H2,1-4H3. The zero-order valence-electron chi connectivity index (χ0n) is 17.4. The zero-order valence-corrected chi connectivity index (χ0v) is 18.3. The highest BCUT2D eigenvalue weighted by Gasteiger charge is 2.23. The second-order valence-corrected chi connectivity index (χ2v) is 7.99. The summed E-state index contributed by atoms with van der Waals surface area (Å²) in [7, 11) is 1.51. The molecular formula is C21H21F2N3O4S. The maximum absolute atomic E-state index is 13.5. The summed E-state index contributed by atoms with van der Waals surface area (Å²) < 4.78 is 32.9. The summed E-state index contributed by atoms with van der Waals surface area (Å²) >= 11 is 1.06. The van der Waals surface area contributed by atoms with E-state index in [1.54, 1.807) is 20.8 Å². The monoisotopic (exact) mass is 449 g/mol. The highest BCUT2D eigenvalue weighted by molar-refractivity contribution is 7.20. The summed E-state index contributed by atoms with van der Waals surface area (Å²) in [6.45, 7) is 4.91.